The molecule has 1 aliphatic rings. The Hall–Kier alpha value is -1.06. The van der Waals surface area contributed by atoms with E-state index < -0.39 is 0 Å². The molecule has 1 saturated carbocycles. The summed E-state index contributed by atoms with van der Waals surface area (Å²) < 4.78 is 0. The third-order valence-corrected chi connectivity index (χ3v) is 3.62. The maximum absolute atomic E-state index is 11.2. The zero-order valence-electron chi connectivity index (χ0n) is 12.2. The standard InChI is InChI=1S/C14H26N2O2/c1-10(17)15-9-14(5)7-12(16-11(2)18)6-13(3,4)8-14/h12H,6-9H2,1-5H3,(H,15,17)(H,16,18). The summed E-state index contributed by atoms with van der Waals surface area (Å²) in [6.45, 7) is 10.4. The van der Waals surface area contributed by atoms with Gasteiger partial charge in [-0.25, -0.2) is 0 Å². The third-order valence-electron chi connectivity index (χ3n) is 3.62. The molecule has 1 rings (SSSR count). The average Bonchev–Trinajstić information content (AvgIpc) is 2.10. The molecule has 1 fully saturated rings. The molecule has 0 spiro atoms. The SMILES string of the molecule is CC(=O)NCC1(C)CC(NC(C)=O)CC(C)(C)C1. The fourth-order valence-corrected chi connectivity index (χ4v) is 3.50. The highest BCUT2D eigenvalue weighted by Gasteiger charge is 2.41. The summed E-state index contributed by atoms with van der Waals surface area (Å²) in [7, 11) is 0. The molecule has 2 N–H and O–H groups in total. The van der Waals surface area contributed by atoms with Gasteiger partial charge in [-0.2, -0.15) is 0 Å². The van der Waals surface area contributed by atoms with Gasteiger partial charge in [0.05, 0.1) is 0 Å². The normalized spacial score (nSPS) is 30.6. The number of amides is 2. The first-order valence-electron chi connectivity index (χ1n) is 6.63. The van der Waals surface area contributed by atoms with Gasteiger partial charge in [0.2, 0.25) is 11.8 Å². The highest BCUT2D eigenvalue weighted by Crippen LogP contribution is 2.45. The van der Waals surface area contributed by atoms with Crippen molar-refractivity contribution in [3.63, 3.8) is 0 Å². The van der Waals surface area contributed by atoms with Gasteiger partial charge in [0, 0.05) is 26.4 Å². The van der Waals surface area contributed by atoms with Crippen LogP contribution in [-0.4, -0.2) is 24.4 Å². The van der Waals surface area contributed by atoms with Gasteiger partial charge in [-0.1, -0.05) is 20.8 Å². The first kappa shape index (κ1) is 15.0. The van der Waals surface area contributed by atoms with Gasteiger partial charge < -0.3 is 10.6 Å². The molecule has 0 aliphatic heterocycles. The Morgan fingerprint density at radius 1 is 1.11 bits per heavy atom. The lowest BCUT2D eigenvalue weighted by molar-refractivity contribution is -0.122. The van der Waals surface area contributed by atoms with E-state index in [1.165, 1.54) is 0 Å². The Bertz CT molecular complexity index is 339. The predicted molar refractivity (Wildman–Crippen MR) is 72.0 cm³/mol. The number of hydrogen-bond acceptors (Lipinski definition) is 2. The van der Waals surface area contributed by atoms with E-state index in [-0.39, 0.29) is 28.7 Å². The molecule has 2 atom stereocenters. The van der Waals surface area contributed by atoms with Gasteiger partial charge in [0.1, 0.15) is 0 Å². The first-order valence-corrected chi connectivity index (χ1v) is 6.63. The second-order valence-corrected chi connectivity index (χ2v) is 6.87. The van der Waals surface area contributed by atoms with E-state index in [0.29, 0.717) is 6.54 Å². The van der Waals surface area contributed by atoms with Crippen LogP contribution in [0.3, 0.4) is 0 Å². The lowest BCUT2D eigenvalue weighted by atomic mass is 9.62. The molecule has 18 heavy (non-hydrogen) atoms. The van der Waals surface area contributed by atoms with Gasteiger partial charge in [0.15, 0.2) is 0 Å². The minimum absolute atomic E-state index is 0.00989. The quantitative estimate of drug-likeness (QED) is 0.807. The van der Waals surface area contributed by atoms with Crippen LogP contribution in [-0.2, 0) is 9.59 Å². The highest BCUT2D eigenvalue weighted by molar-refractivity contribution is 5.73. The van der Waals surface area contributed by atoms with E-state index >= 15 is 0 Å². The second kappa shape index (κ2) is 5.29. The summed E-state index contributed by atoms with van der Waals surface area (Å²) in [6.07, 6.45) is 2.99. The summed E-state index contributed by atoms with van der Waals surface area (Å²) in [6, 6.07) is 0.213. The molecule has 2 unspecified atom stereocenters. The monoisotopic (exact) mass is 254 g/mol. The smallest absolute Gasteiger partial charge is 0.217 e. The van der Waals surface area contributed by atoms with E-state index in [1.807, 2.05) is 0 Å². The van der Waals surface area contributed by atoms with Crippen molar-refractivity contribution in [2.24, 2.45) is 10.8 Å². The van der Waals surface area contributed by atoms with Gasteiger partial charge >= 0.3 is 0 Å². The maximum atomic E-state index is 11.2. The highest BCUT2D eigenvalue weighted by atomic mass is 16.2. The summed E-state index contributed by atoms with van der Waals surface area (Å²) in [5, 5.41) is 5.94. The third kappa shape index (κ3) is 4.67. The predicted octanol–water partition coefficient (Wildman–Crippen LogP) is 1.84. The molecule has 4 nitrogen and oxygen atoms in total. The van der Waals surface area contributed by atoms with Crippen LogP contribution in [0.5, 0.6) is 0 Å². The Kier molecular flexibility index (Phi) is 4.41. The van der Waals surface area contributed by atoms with Crippen LogP contribution in [0.4, 0.5) is 0 Å². The van der Waals surface area contributed by atoms with Crippen LogP contribution in [0, 0.1) is 10.8 Å². The summed E-state index contributed by atoms with van der Waals surface area (Å²) >= 11 is 0. The van der Waals surface area contributed by atoms with Gasteiger partial charge in [0.25, 0.3) is 0 Å². The average molecular weight is 254 g/mol. The van der Waals surface area contributed by atoms with Gasteiger partial charge in [-0.3, -0.25) is 9.59 Å². The fraction of sp³-hybridized carbons (Fsp3) is 0.857. The molecule has 0 saturated heterocycles. The van der Waals surface area contributed by atoms with Crippen LogP contribution in [0.25, 0.3) is 0 Å². The van der Waals surface area contributed by atoms with E-state index in [1.54, 1.807) is 13.8 Å². The molecular formula is C14H26N2O2. The van der Waals surface area contributed by atoms with Crippen molar-refractivity contribution in [2.45, 2.75) is 59.9 Å². The largest absolute Gasteiger partial charge is 0.356 e. The lowest BCUT2D eigenvalue weighted by Crippen LogP contribution is -2.49. The molecule has 0 aromatic heterocycles. The van der Waals surface area contributed by atoms with E-state index in [4.69, 9.17) is 0 Å². The van der Waals surface area contributed by atoms with E-state index in [9.17, 15) is 9.59 Å². The van der Waals surface area contributed by atoms with Gasteiger partial charge in [-0.05, 0) is 30.1 Å². The van der Waals surface area contributed by atoms with E-state index in [0.717, 1.165) is 19.3 Å². The zero-order valence-corrected chi connectivity index (χ0v) is 12.2. The van der Waals surface area contributed by atoms with Crippen molar-refractivity contribution in [3.05, 3.63) is 0 Å². The van der Waals surface area contributed by atoms with Crippen molar-refractivity contribution in [2.75, 3.05) is 6.54 Å². The number of carbonyl (C=O) groups is 2. The molecule has 4 heteroatoms. The molecule has 0 aromatic rings. The Balaban J connectivity index is 2.72. The maximum Gasteiger partial charge on any atom is 0.217 e. The van der Waals surface area contributed by atoms with Crippen LogP contribution in [0.2, 0.25) is 0 Å². The molecule has 104 valence electrons. The van der Waals surface area contributed by atoms with Crippen LogP contribution in [0.1, 0.15) is 53.9 Å². The number of hydrogen-bond donors (Lipinski definition) is 2. The summed E-state index contributed by atoms with van der Waals surface area (Å²) in [5.74, 6) is 0.0373. The minimum atomic E-state index is 0.00989. The zero-order chi connectivity index (χ0) is 14.0. The van der Waals surface area contributed by atoms with E-state index in [2.05, 4.69) is 31.4 Å². The molecule has 0 radical (unpaired) electrons. The Morgan fingerprint density at radius 3 is 2.22 bits per heavy atom. The van der Waals surface area contributed by atoms with Crippen LogP contribution < -0.4 is 10.6 Å². The molecule has 0 bridgehead atoms. The second-order valence-electron chi connectivity index (χ2n) is 6.87. The number of carbonyl (C=O) groups excluding carboxylic acids is 2. The topological polar surface area (TPSA) is 58.2 Å². The molecule has 0 aromatic carbocycles. The van der Waals surface area contributed by atoms with Crippen molar-refractivity contribution in [1.29, 1.82) is 0 Å². The summed E-state index contributed by atoms with van der Waals surface area (Å²) in [4.78, 5) is 22.3. The van der Waals surface area contributed by atoms with Crippen molar-refractivity contribution >= 4 is 11.8 Å². The number of rotatable bonds is 3. The first-order chi connectivity index (χ1) is 8.12. The molecule has 0 heterocycles. The van der Waals surface area contributed by atoms with Crippen LogP contribution >= 0.6 is 0 Å². The fourth-order valence-electron chi connectivity index (χ4n) is 3.50. The molecule has 2 amide bonds. The molecular weight excluding hydrogens is 228 g/mol. The minimum Gasteiger partial charge on any atom is -0.356 e. The van der Waals surface area contributed by atoms with Gasteiger partial charge in [-0.15, -0.1) is 0 Å². The Labute approximate surface area is 110 Å². The van der Waals surface area contributed by atoms with Crippen molar-refractivity contribution in [3.8, 4) is 0 Å². The lowest BCUT2D eigenvalue weighted by Gasteiger charge is -2.46. The molecule has 1 aliphatic carbocycles. The Morgan fingerprint density at radius 2 is 1.72 bits per heavy atom. The van der Waals surface area contributed by atoms with Crippen LogP contribution in [0.15, 0.2) is 0 Å². The number of nitrogens with one attached hydrogen (secondary N) is 2. The summed E-state index contributed by atoms with van der Waals surface area (Å²) in [5.41, 5.74) is 0.249. The van der Waals surface area contributed by atoms with Crippen molar-refractivity contribution in [1.82, 2.24) is 10.6 Å². The van der Waals surface area contributed by atoms with Crippen molar-refractivity contribution < 1.29 is 9.59 Å².